The van der Waals surface area contributed by atoms with Crippen LogP contribution in [0.2, 0.25) is 0 Å². The van der Waals surface area contributed by atoms with Gasteiger partial charge in [-0.05, 0) is 62.4 Å². The number of aryl methyl sites for hydroxylation is 2. The van der Waals surface area contributed by atoms with Crippen LogP contribution in [0.3, 0.4) is 0 Å². The SMILES string of the molecule is COc1ccc(C(=O)COC(=O)CCN(c2ccc(C)cc2)S(=O)(=O)c2ccc(C)cc2)cc1. The first-order chi connectivity index (χ1) is 16.2. The maximum atomic E-state index is 13.4. The van der Waals surface area contributed by atoms with Gasteiger partial charge in [-0.2, -0.15) is 0 Å². The number of esters is 1. The summed E-state index contributed by atoms with van der Waals surface area (Å²) in [6.45, 7) is 3.21. The van der Waals surface area contributed by atoms with Crippen molar-refractivity contribution < 1.29 is 27.5 Å². The Morgan fingerprint density at radius 2 is 1.38 bits per heavy atom. The van der Waals surface area contributed by atoms with Crippen molar-refractivity contribution in [3.8, 4) is 5.75 Å². The van der Waals surface area contributed by atoms with Crippen molar-refractivity contribution in [3.63, 3.8) is 0 Å². The fourth-order valence-corrected chi connectivity index (χ4v) is 4.67. The number of Topliss-reactive ketones (excluding diaryl/α,β-unsaturated/α-hetero) is 1. The van der Waals surface area contributed by atoms with Crippen LogP contribution >= 0.6 is 0 Å². The lowest BCUT2D eigenvalue weighted by atomic mass is 10.1. The lowest BCUT2D eigenvalue weighted by molar-refractivity contribution is -0.142. The van der Waals surface area contributed by atoms with Gasteiger partial charge < -0.3 is 9.47 Å². The van der Waals surface area contributed by atoms with E-state index in [9.17, 15) is 18.0 Å². The van der Waals surface area contributed by atoms with Crippen LogP contribution < -0.4 is 9.04 Å². The monoisotopic (exact) mass is 481 g/mol. The zero-order chi connectivity index (χ0) is 24.7. The molecule has 34 heavy (non-hydrogen) atoms. The molecule has 0 N–H and O–H groups in total. The third-order valence-corrected chi connectivity index (χ3v) is 7.07. The topological polar surface area (TPSA) is 90.0 Å². The van der Waals surface area contributed by atoms with Crippen LogP contribution in [0, 0.1) is 13.8 Å². The minimum Gasteiger partial charge on any atom is -0.497 e. The van der Waals surface area contributed by atoms with E-state index >= 15 is 0 Å². The second-order valence-electron chi connectivity index (χ2n) is 7.79. The van der Waals surface area contributed by atoms with E-state index in [0.717, 1.165) is 11.1 Å². The summed E-state index contributed by atoms with van der Waals surface area (Å²) in [6, 6.07) is 20.0. The molecule has 3 aromatic carbocycles. The molecule has 3 aromatic rings. The molecular weight excluding hydrogens is 454 g/mol. The predicted octanol–water partition coefficient (Wildman–Crippen LogP) is 4.32. The second kappa shape index (κ2) is 11.0. The van der Waals surface area contributed by atoms with Crippen molar-refractivity contribution in [3.05, 3.63) is 89.5 Å². The molecule has 0 spiro atoms. The highest BCUT2D eigenvalue weighted by molar-refractivity contribution is 7.92. The molecule has 0 unspecified atom stereocenters. The fraction of sp³-hybridized carbons (Fsp3) is 0.231. The number of hydrogen-bond donors (Lipinski definition) is 0. The summed E-state index contributed by atoms with van der Waals surface area (Å²) in [5, 5.41) is 0. The molecule has 0 saturated carbocycles. The van der Waals surface area contributed by atoms with Crippen LogP contribution in [0.5, 0.6) is 5.75 Å². The van der Waals surface area contributed by atoms with E-state index in [4.69, 9.17) is 9.47 Å². The van der Waals surface area contributed by atoms with Crippen molar-refractivity contribution in [1.29, 1.82) is 0 Å². The summed E-state index contributed by atoms with van der Waals surface area (Å²) in [5.41, 5.74) is 2.74. The zero-order valence-corrected chi connectivity index (χ0v) is 20.2. The van der Waals surface area contributed by atoms with Gasteiger partial charge in [-0.25, -0.2) is 8.42 Å². The lowest BCUT2D eigenvalue weighted by Gasteiger charge is -2.24. The Kier molecular flexibility index (Phi) is 8.07. The van der Waals surface area contributed by atoms with E-state index in [-0.39, 0.29) is 23.6 Å². The number of ether oxygens (including phenoxy) is 2. The van der Waals surface area contributed by atoms with Crippen molar-refractivity contribution in [2.45, 2.75) is 25.2 Å². The largest absolute Gasteiger partial charge is 0.497 e. The molecule has 0 aliphatic carbocycles. The summed E-state index contributed by atoms with van der Waals surface area (Å²) < 4.78 is 38.1. The molecule has 0 aliphatic rings. The van der Waals surface area contributed by atoms with Gasteiger partial charge in [-0.1, -0.05) is 35.4 Å². The van der Waals surface area contributed by atoms with Gasteiger partial charge in [0.2, 0.25) is 0 Å². The minimum absolute atomic E-state index is 0.127. The van der Waals surface area contributed by atoms with E-state index in [2.05, 4.69) is 0 Å². The van der Waals surface area contributed by atoms with Crippen LogP contribution in [-0.4, -0.2) is 40.4 Å². The molecular formula is C26H27NO6S. The molecule has 3 rings (SSSR count). The molecule has 178 valence electrons. The van der Waals surface area contributed by atoms with Gasteiger partial charge in [0.1, 0.15) is 5.75 Å². The van der Waals surface area contributed by atoms with Crippen LogP contribution in [0.1, 0.15) is 27.9 Å². The summed E-state index contributed by atoms with van der Waals surface area (Å²) in [6.07, 6.45) is -0.213. The number of sulfonamides is 1. The van der Waals surface area contributed by atoms with Gasteiger partial charge in [0.25, 0.3) is 10.0 Å². The highest BCUT2D eigenvalue weighted by Gasteiger charge is 2.26. The summed E-state index contributed by atoms with van der Waals surface area (Å²) in [7, 11) is -2.39. The standard InChI is InChI=1S/C26H27NO6S/c1-19-4-10-22(11-5-19)27(34(30,31)24-14-6-20(2)7-15-24)17-16-26(29)33-18-25(28)21-8-12-23(32-3)13-9-21/h4-15H,16-18H2,1-3H3. The minimum atomic E-state index is -3.91. The van der Waals surface area contributed by atoms with Crippen LogP contribution in [0.4, 0.5) is 5.69 Å². The Hall–Kier alpha value is -3.65. The van der Waals surface area contributed by atoms with Gasteiger partial charge in [0, 0.05) is 12.1 Å². The fourth-order valence-electron chi connectivity index (χ4n) is 3.21. The van der Waals surface area contributed by atoms with Crippen LogP contribution in [-0.2, 0) is 19.6 Å². The smallest absolute Gasteiger partial charge is 0.308 e. The molecule has 0 bridgehead atoms. The van der Waals surface area contributed by atoms with E-state index < -0.39 is 22.6 Å². The Balaban J connectivity index is 1.70. The molecule has 0 amide bonds. The van der Waals surface area contributed by atoms with Crippen molar-refractivity contribution in [2.24, 2.45) is 0 Å². The molecule has 0 radical (unpaired) electrons. The van der Waals surface area contributed by atoms with Gasteiger partial charge in [-0.3, -0.25) is 13.9 Å². The number of benzene rings is 3. The summed E-state index contributed by atoms with van der Waals surface area (Å²) in [5.74, 6) is -0.420. The number of carbonyl (C=O) groups excluding carboxylic acids is 2. The van der Waals surface area contributed by atoms with E-state index in [1.54, 1.807) is 60.7 Å². The highest BCUT2D eigenvalue weighted by atomic mass is 32.2. The number of methoxy groups -OCH3 is 1. The molecule has 0 atom stereocenters. The first-order valence-corrected chi connectivity index (χ1v) is 12.1. The van der Waals surface area contributed by atoms with Gasteiger partial charge in [-0.15, -0.1) is 0 Å². The second-order valence-corrected chi connectivity index (χ2v) is 9.65. The normalized spacial score (nSPS) is 11.0. The van der Waals surface area contributed by atoms with Crippen molar-refractivity contribution >= 4 is 27.5 Å². The first-order valence-electron chi connectivity index (χ1n) is 10.7. The van der Waals surface area contributed by atoms with E-state index in [0.29, 0.717) is 17.0 Å². The third kappa shape index (κ3) is 6.23. The Bertz CT molecular complexity index is 1230. The number of hydrogen-bond acceptors (Lipinski definition) is 6. The number of nitrogens with zero attached hydrogens (tertiary/aromatic N) is 1. The molecule has 0 aliphatic heterocycles. The van der Waals surface area contributed by atoms with E-state index in [1.807, 2.05) is 13.8 Å². The number of anilines is 1. The Labute approximate surface area is 200 Å². The van der Waals surface area contributed by atoms with Gasteiger partial charge in [0.05, 0.1) is 24.1 Å². The van der Waals surface area contributed by atoms with E-state index in [1.165, 1.54) is 23.5 Å². The third-order valence-electron chi connectivity index (χ3n) is 5.23. The zero-order valence-electron chi connectivity index (χ0n) is 19.4. The quantitative estimate of drug-likeness (QED) is 0.316. The first kappa shape index (κ1) is 25.0. The lowest BCUT2D eigenvalue weighted by Crippen LogP contribution is -2.33. The van der Waals surface area contributed by atoms with Crippen molar-refractivity contribution in [1.82, 2.24) is 0 Å². The highest BCUT2D eigenvalue weighted by Crippen LogP contribution is 2.25. The molecule has 8 heteroatoms. The van der Waals surface area contributed by atoms with Gasteiger partial charge in [0.15, 0.2) is 12.4 Å². The maximum Gasteiger partial charge on any atom is 0.308 e. The average molecular weight is 482 g/mol. The Morgan fingerprint density at radius 1 is 0.824 bits per heavy atom. The van der Waals surface area contributed by atoms with Crippen molar-refractivity contribution in [2.75, 3.05) is 24.6 Å². The predicted molar refractivity (Wildman–Crippen MR) is 130 cm³/mol. The van der Waals surface area contributed by atoms with Crippen LogP contribution in [0.25, 0.3) is 0 Å². The summed E-state index contributed by atoms with van der Waals surface area (Å²) >= 11 is 0. The maximum absolute atomic E-state index is 13.4. The molecule has 0 heterocycles. The number of rotatable bonds is 10. The Morgan fingerprint density at radius 3 is 1.94 bits per heavy atom. The number of carbonyl (C=O) groups is 2. The molecule has 0 aromatic heterocycles. The average Bonchev–Trinajstić information content (AvgIpc) is 2.84. The van der Waals surface area contributed by atoms with Gasteiger partial charge >= 0.3 is 5.97 Å². The van der Waals surface area contributed by atoms with Crippen LogP contribution in [0.15, 0.2) is 77.7 Å². The summed E-state index contributed by atoms with van der Waals surface area (Å²) in [4.78, 5) is 24.8. The molecule has 7 nitrogen and oxygen atoms in total. The number of ketones is 1. The molecule has 0 saturated heterocycles. The molecule has 0 fully saturated rings.